The van der Waals surface area contributed by atoms with Crippen LogP contribution in [0.3, 0.4) is 0 Å². The molecular formula is C17H25N3O3S. The molecule has 2 saturated heterocycles. The molecule has 2 fully saturated rings. The van der Waals surface area contributed by atoms with Crippen molar-refractivity contribution >= 4 is 15.7 Å². The van der Waals surface area contributed by atoms with E-state index in [0.717, 1.165) is 43.6 Å². The fourth-order valence-electron chi connectivity index (χ4n) is 3.61. The summed E-state index contributed by atoms with van der Waals surface area (Å²) in [5.41, 5.74) is 2.01. The van der Waals surface area contributed by atoms with Gasteiger partial charge in [-0.2, -0.15) is 0 Å². The molecule has 2 aliphatic rings. The van der Waals surface area contributed by atoms with Crippen LogP contribution in [0.2, 0.25) is 0 Å². The third kappa shape index (κ3) is 4.33. The van der Waals surface area contributed by atoms with E-state index in [1.54, 1.807) is 6.20 Å². The van der Waals surface area contributed by atoms with Crippen LogP contribution >= 0.6 is 0 Å². The van der Waals surface area contributed by atoms with E-state index in [1.165, 1.54) is 0 Å². The molecule has 1 amide bonds. The van der Waals surface area contributed by atoms with Crippen LogP contribution in [-0.2, 0) is 21.2 Å². The highest BCUT2D eigenvalue weighted by Gasteiger charge is 2.35. The quantitative estimate of drug-likeness (QED) is 0.872. The van der Waals surface area contributed by atoms with E-state index in [-0.39, 0.29) is 23.6 Å². The number of pyridine rings is 1. The van der Waals surface area contributed by atoms with Gasteiger partial charge in [0.25, 0.3) is 0 Å². The number of likely N-dealkylation sites (tertiary alicyclic amines) is 1. The van der Waals surface area contributed by atoms with Crippen LogP contribution < -0.4 is 5.32 Å². The van der Waals surface area contributed by atoms with Gasteiger partial charge in [0.2, 0.25) is 5.91 Å². The fraction of sp³-hybridized carbons (Fsp3) is 0.647. The van der Waals surface area contributed by atoms with Crippen molar-refractivity contribution in [3.63, 3.8) is 0 Å². The first-order valence-corrected chi connectivity index (χ1v) is 10.4. The van der Waals surface area contributed by atoms with Crippen molar-refractivity contribution in [3.8, 4) is 0 Å². The molecule has 1 aromatic heterocycles. The number of rotatable bonds is 4. The summed E-state index contributed by atoms with van der Waals surface area (Å²) < 4.78 is 23.2. The Morgan fingerprint density at radius 2 is 2.08 bits per heavy atom. The van der Waals surface area contributed by atoms with Gasteiger partial charge >= 0.3 is 0 Å². The monoisotopic (exact) mass is 351 g/mol. The molecule has 3 rings (SSSR count). The number of nitrogens with zero attached hydrogens (tertiary/aromatic N) is 2. The average molecular weight is 351 g/mol. The van der Waals surface area contributed by atoms with Crippen LogP contribution in [0.4, 0.5) is 0 Å². The van der Waals surface area contributed by atoms with Crippen LogP contribution in [0, 0.1) is 12.8 Å². The van der Waals surface area contributed by atoms with E-state index in [2.05, 4.69) is 15.2 Å². The minimum Gasteiger partial charge on any atom is -0.350 e. The van der Waals surface area contributed by atoms with Crippen molar-refractivity contribution in [1.82, 2.24) is 15.2 Å². The van der Waals surface area contributed by atoms with E-state index in [4.69, 9.17) is 0 Å². The lowest BCUT2D eigenvalue weighted by Crippen LogP contribution is -2.45. The molecule has 0 saturated carbocycles. The second-order valence-electron chi connectivity index (χ2n) is 6.91. The van der Waals surface area contributed by atoms with E-state index in [1.807, 2.05) is 19.1 Å². The molecule has 24 heavy (non-hydrogen) atoms. The van der Waals surface area contributed by atoms with E-state index < -0.39 is 9.84 Å². The molecule has 0 aliphatic carbocycles. The number of hydrogen-bond donors (Lipinski definition) is 1. The second kappa shape index (κ2) is 7.19. The molecule has 1 N–H and O–H groups in total. The first kappa shape index (κ1) is 17.4. The normalized spacial score (nSPS) is 24.8. The zero-order valence-corrected chi connectivity index (χ0v) is 14.9. The van der Waals surface area contributed by atoms with Crippen molar-refractivity contribution in [2.24, 2.45) is 5.92 Å². The van der Waals surface area contributed by atoms with Crippen LogP contribution in [0.25, 0.3) is 0 Å². The van der Waals surface area contributed by atoms with Crippen LogP contribution in [0.15, 0.2) is 18.3 Å². The van der Waals surface area contributed by atoms with Gasteiger partial charge < -0.3 is 5.32 Å². The molecule has 0 radical (unpaired) electrons. The lowest BCUT2D eigenvalue weighted by atomic mass is 9.94. The van der Waals surface area contributed by atoms with Gasteiger partial charge in [-0.1, -0.05) is 0 Å². The number of carbonyl (C=O) groups excluding carboxylic acids is 1. The van der Waals surface area contributed by atoms with Gasteiger partial charge in [0.15, 0.2) is 9.84 Å². The highest BCUT2D eigenvalue weighted by atomic mass is 32.2. The summed E-state index contributed by atoms with van der Waals surface area (Å²) in [5.74, 6) is 0.686. The summed E-state index contributed by atoms with van der Waals surface area (Å²) in [6.07, 6.45) is 4.08. The molecule has 1 aromatic rings. The maximum Gasteiger partial charge on any atom is 0.223 e. The summed E-state index contributed by atoms with van der Waals surface area (Å²) >= 11 is 0. The van der Waals surface area contributed by atoms with Gasteiger partial charge in [0, 0.05) is 18.2 Å². The van der Waals surface area contributed by atoms with Gasteiger partial charge in [-0.05, 0) is 57.0 Å². The molecule has 2 aliphatic heterocycles. The Hall–Kier alpha value is -1.47. The zero-order valence-electron chi connectivity index (χ0n) is 14.1. The van der Waals surface area contributed by atoms with E-state index in [9.17, 15) is 13.2 Å². The minimum absolute atomic E-state index is 0.0177. The maximum absolute atomic E-state index is 12.3. The fourth-order valence-corrected chi connectivity index (χ4v) is 5.37. The summed E-state index contributed by atoms with van der Waals surface area (Å²) in [4.78, 5) is 18.8. The first-order valence-electron chi connectivity index (χ1n) is 8.57. The predicted octanol–water partition coefficient (Wildman–Crippen LogP) is 0.905. The highest BCUT2D eigenvalue weighted by molar-refractivity contribution is 7.91. The number of hydrogen-bond acceptors (Lipinski definition) is 5. The van der Waals surface area contributed by atoms with Gasteiger partial charge in [0.05, 0.1) is 23.7 Å². The third-order valence-electron chi connectivity index (χ3n) is 5.04. The number of amides is 1. The highest BCUT2D eigenvalue weighted by Crippen LogP contribution is 2.24. The SMILES string of the molecule is Cc1ccnc(CNC(=O)C2CCN([C@H]3CCS(=O)(=O)C3)CC2)c1. The summed E-state index contributed by atoms with van der Waals surface area (Å²) in [6.45, 7) is 4.08. The van der Waals surface area contributed by atoms with Crippen molar-refractivity contribution in [2.45, 2.75) is 38.8 Å². The molecule has 1 atom stereocenters. The molecule has 7 heteroatoms. The number of carbonyl (C=O) groups is 1. The number of sulfone groups is 1. The Labute approximate surface area is 143 Å². The standard InChI is InChI=1S/C17H25N3O3S/c1-13-2-6-18-15(10-13)11-19-17(21)14-3-7-20(8-4-14)16-5-9-24(22,23)12-16/h2,6,10,14,16H,3-5,7-9,11-12H2,1H3,(H,19,21)/t16-/m0/s1. The first-order chi connectivity index (χ1) is 11.4. The molecular weight excluding hydrogens is 326 g/mol. The van der Waals surface area contributed by atoms with Gasteiger partial charge in [-0.3, -0.25) is 14.7 Å². The van der Waals surface area contributed by atoms with Crippen LogP contribution in [0.5, 0.6) is 0 Å². The average Bonchev–Trinajstić information content (AvgIpc) is 2.93. The summed E-state index contributed by atoms with van der Waals surface area (Å²) in [7, 11) is -2.85. The van der Waals surface area contributed by atoms with E-state index in [0.29, 0.717) is 12.3 Å². The van der Waals surface area contributed by atoms with Gasteiger partial charge in [-0.25, -0.2) is 8.42 Å². The second-order valence-corrected chi connectivity index (χ2v) is 9.14. The van der Waals surface area contributed by atoms with Gasteiger partial charge in [-0.15, -0.1) is 0 Å². The topological polar surface area (TPSA) is 79.4 Å². The molecule has 0 bridgehead atoms. The summed E-state index contributed by atoms with van der Waals surface area (Å²) in [6, 6.07) is 4.06. The smallest absolute Gasteiger partial charge is 0.223 e. The lowest BCUT2D eigenvalue weighted by Gasteiger charge is -2.34. The molecule has 0 spiro atoms. The number of aryl methyl sites for hydroxylation is 1. The predicted molar refractivity (Wildman–Crippen MR) is 92.2 cm³/mol. The molecule has 6 nitrogen and oxygen atoms in total. The van der Waals surface area contributed by atoms with Crippen LogP contribution in [-0.4, -0.2) is 54.8 Å². The lowest BCUT2D eigenvalue weighted by molar-refractivity contribution is -0.126. The third-order valence-corrected chi connectivity index (χ3v) is 6.79. The largest absolute Gasteiger partial charge is 0.350 e. The van der Waals surface area contributed by atoms with Crippen molar-refractivity contribution in [3.05, 3.63) is 29.6 Å². The van der Waals surface area contributed by atoms with E-state index >= 15 is 0 Å². The maximum atomic E-state index is 12.3. The van der Waals surface area contributed by atoms with Crippen molar-refractivity contribution in [2.75, 3.05) is 24.6 Å². The number of piperidine rings is 1. The van der Waals surface area contributed by atoms with Crippen molar-refractivity contribution < 1.29 is 13.2 Å². The Balaban J connectivity index is 1.45. The number of nitrogens with one attached hydrogen (secondary N) is 1. The van der Waals surface area contributed by atoms with Crippen LogP contribution in [0.1, 0.15) is 30.5 Å². The Bertz CT molecular complexity index is 697. The zero-order chi connectivity index (χ0) is 17.2. The Morgan fingerprint density at radius 1 is 1.33 bits per heavy atom. The minimum atomic E-state index is -2.85. The molecule has 0 aromatic carbocycles. The van der Waals surface area contributed by atoms with Gasteiger partial charge in [0.1, 0.15) is 0 Å². The molecule has 132 valence electrons. The Morgan fingerprint density at radius 3 is 2.71 bits per heavy atom. The Kier molecular flexibility index (Phi) is 5.20. The molecule has 0 unspecified atom stereocenters. The summed E-state index contributed by atoms with van der Waals surface area (Å²) in [5, 5.41) is 2.98. The van der Waals surface area contributed by atoms with Crippen molar-refractivity contribution in [1.29, 1.82) is 0 Å². The number of aromatic nitrogens is 1. The molecule has 3 heterocycles.